The average Bonchev–Trinajstić information content (AvgIpc) is 2.26. The van der Waals surface area contributed by atoms with E-state index in [2.05, 4.69) is 50.7 Å². The summed E-state index contributed by atoms with van der Waals surface area (Å²) in [4.78, 5) is 6.66. The van der Waals surface area contributed by atoms with Crippen molar-refractivity contribution in [2.45, 2.75) is 46.7 Å². The standard InChI is InChI=1S/C14H25N3/c1-10(15)13-8-7-12(9-16-13)17(6)11(2)14(3,4)5/h7-11H,15H2,1-6H3/t10-,11?/m1/s1. The molecule has 3 heteroatoms. The largest absolute Gasteiger partial charge is 0.370 e. The molecule has 3 nitrogen and oxygen atoms in total. The quantitative estimate of drug-likeness (QED) is 0.875. The van der Waals surface area contributed by atoms with E-state index in [1.807, 2.05) is 19.2 Å². The smallest absolute Gasteiger partial charge is 0.0569 e. The van der Waals surface area contributed by atoms with Gasteiger partial charge in [0.15, 0.2) is 0 Å². The molecule has 2 atom stereocenters. The van der Waals surface area contributed by atoms with Crippen molar-refractivity contribution >= 4 is 5.69 Å². The highest BCUT2D eigenvalue weighted by atomic mass is 15.1. The van der Waals surface area contributed by atoms with E-state index in [0.717, 1.165) is 11.4 Å². The van der Waals surface area contributed by atoms with Crippen LogP contribution in [0.1, 0.15) is 46.4 Å². The van der Waals surface area contributed by atoms with Crippen molar-refractivity contribution in [1.29, 1.82) is 0 Å². The van der Waals surface area contributed by atoms with Crippen LogP contribution in [-0.2, 0) is 0 Å². The van der Waals surface area contributed by atoms with Crippen LogP contribution in [0.25, 0.3) is 0 Å². The molecule has 96 valence electrons. The van der Waals surface area contributed by atoms with E-state index in [0.29, 0.717) is 6.04 Å². The molecule has 0 aliphatic carbocycles. The lowest BCUT2D eigenvalue weighted by Crippen LogP contribution is -2.39. The van der Waals surface area contributed by atoms with Crippen LogP contribution in [0.15, 0.2) is 18.3 Å². The molecule has 1 aromatic rings. The van der Waals surface area contributed by atoms with E-state index in [-0.39, 0.29) is 11.5 Å². The van der Waals surface area contributed by atoms with Gasteiger partial charge in [-0.05, 0) is 31.4 Å². The number of anilines is 1. The van der Waals surface area contributed by atoms with Crippen LogP contribution in [0, 0.1) is 5.41 Å². The predicted octanol–water partition coefficient (Wildman–Crippen LogP) is 2.97. The fourth-order valence-electron chi connectivity index (χ4n) is 1.68. The molecule has 0 amide bonds. The normalized spacial score (nSPS) is 15.5. The van der Waals surface area contributed by atoms with Crippen molar-refractivity contribution < 1.29 is 0 Å². The summed E-state index contributed by atoms with van der Waals surface area (Å²) in [5, 5.41) is 0. The molecule has 0 aliphatic heterocycles. The second-order valence-electron chi connectivity index (χ2n) is 5.88. The lowest BCUT2D eigenvalue weighted by molar-refractivity contribution is 0.329. The highest BCUT2D eigenvalue weighted by Crippen LogP contribution is 2.27. The number of hydrogen-bond donors (Lipinski definition) is 1. The Kier molecular flexibility index (Phi) is 4.15. The van der Waals surface area contributed by atoms with Crippen molar-refractivity contribution in [3.8, 4) is 0 Å². The van der Waals surface area contributed by atoms with Gasteiger partial charge in [-0.15, -0.1) is 0 Å². The third-order valence-electron chi connectivity index (χ3n) is 3.48. The first-order chi connectivity index (χ1) is 7.73. The zero-order chi connectivity index (χ0) is 13.2. The Bertz CT molecular complexity index is 349. The number of hydrogen-bond acceptors (Lipinski definition) is 3. The zero-order valence-electron chi connectivity index (χ0n) is 11.9. The summed E-state index contributed by atoms with van der Waals surface area (Å²) < 4.78 is 0. The summed E-state index contributed by atoms with van der Waals surface area (Å²) in [7, 11) is 2.11. The Labute approximate surface area is 105 Å². The van der Waals surface area contributed by atoms with Crippen molar-refractivity contribution in [2.24, 2.45) is 11.1 Å². The lowest BCUT2D eigenvalue weighted by atomic mass is 9.87. The highest BCUT2D eigenvalue weighted by molar-refractivity contribution is 5.45. The van der Waals surface area contributed by atoms with Crippen molar-refractivity contribution in [3.63, 3.8) is 0 Å². The van der Waals surface area contributed by atoms with Crippen LogP contribution in [0.5, 0.6) is 0 Å². The van der Waals surface area contributed by atoms with Crippen LogP contribution in [0.4, 0.5) is 5.69 Å². The molecule has 1 aromatic heterocycles. The molecule has 0 saturated carbocycles. The van der Waals surface area contributed by atoms with Crippen LogP contribution < -0.4 is 10.6 Å². The molecule has 1 unspecified atom stereocenters. The van der Waals surface area contributed by atoms with Gasteiger partial charge in [-0.3, -0.25) is 4.98 Å². The summed E-state index contributed by atoms with van der Waals surface area (Å²) in [6.07, 6.45) is 1.90. The van der Waals surface area contributed by atoms with Crippen molar-refractivity contribution in [1.82, 2.24) is 4.98 Å². The number of nitrogens with two attached hydrogens (primary N) is 1. The van der Waals surface area contributed by atoms with Crippen LogP contribution in [-0.4, -0.2) is 18.1 Å². The van der Waals surface area contributed by atoms with Crippen LogP contribution in [0.3, 0.4) is 0 Å². The summed E-state index contributed by atoms with van der Waals surface area (Å²) in [6.45, 7) is 10.9. The van der Waals surface area contributed by atoms with Gasteiger partial charge in [-0.1, -0.05) is 20.8 Å². The van der Waals surface area contributed by atoms with E-state index < -0.39 is 0 Å². The molecular weight excluding hydrogens is 210 g/mol. The summed E-state index contributed by atoms with van der Waals surface area (Å²) in [6, 6.07) is 4.54. The number of pyridine rings is 1. The first kappa shape index (κ1) is 14.0. The second kappa shape index (κ2) is 5.05. The van der Waals surface area contributed by atoms with Crippen LogP contribution >= 0.6 is 0 Å². The Morgan fingerprint density at radius 1 is 1.24 bits per heavy atom. The SMILES string of the molecule is CC(N(C)c1ccc([C@@H](C)N)nc1)C(C)(C)C. The summed E-state index contributed by atoms with van der Waals surface area (Å²) in [5.41, 5.74) is 8.11. The maximum Gasteiger partial charge on any atom is 0.0569 e. The highest BCUT2D eigenvalue weighted by Gasteiger charge is 2.24. The van der Waals surface area contributed by atoms with Crippen molar-refractivity contribution in [3.05, 3.63) is 24.0 Å². The molecule has 2 N–H and O–H groups in total. The number of rotatable bonds is 3. The average molecular weight is 235 g/mol. The molecule has 0 fully saturated rings. The zero-order valence-corrected chi connectivity index (χ0v) is 11.9. The van der Waals surface area contributed by atoms with Gasteiger partial charge in [0.2, 0.25) is 0 Å². The molecule has 0 spiro atoms. The third kappa shape index (κ3) is 3.43. The summed E-state index contributed by atoms with van der Waals surface area (Å²) in [5.74, 6) is 0. The van der Waals surface area contributed by atoms with Gasteiger partial charge in [0.25, 0.3) is 0 Å². The Balaban J connectivity index is 2.87. The maximum atomic E-state index is 5.79. The first-order valence-corrected chi connectivity index (χ1v) is 6.18. The number of nitrogens with zero attached hydrogens (tertiary/aromatic N) is 2. The molecule has 17 heavy (non-hydrogen) atoms. The monoisotopic (exact) mass is 235 g/mol. The molecule has 0 saturated heterocycles. The molecular formula is C14H25N3. The van der Waals surface area contributed by atoms with Gasteiger partial charge in [0.1, 0.15) is 0 Å². The Morgan fingerprint density at radius 2 is 1.82 bits per heavy atom. The van der Waals surface area contributed by atoms with Gasteiger partial charge >= 0.3 is 0 Å². The Hall–Kier alpha value is -1.09. The fraction of sp³-hybridized carbons (Fsp3) is 0.643. The molecule has 0 aliphatic rings. The van der Waals surface area contributed by atoms with Crippen molar-refractivity contribution in [2.75, 3.05) is 11.9 Å². The molecule has 0 aromatic carbocycles. The molecule has 0 radical (unpaired) electrons. The van der Waals surface area contributed by atoms with Gasteiger partial charge in [0.05, 0.1) is 17.6 Å². The minimum atomic E-state index is -0.00519. The van der Waals surface area contributed by atoms with Gasteiger partial charge in [-0.25, -0.2) is 0 Å². The van der Waals surface area contributed by atoms with E-state index in [9.17, 15) is 0 Å². The topological polar surface area (TPSA) is 42.1 Å². The lowest BCUT2D eigenvalue weighted by Gasteiger charge is -2.36. The predicted molar refractivity (Wildman–Crippen MR) is 74.2 cm³/mol. The van der Waals surface area contributed by atoms with Gasteiger partial charge in [-0.2, -0.15) is 0 Å². The minimum Gasteiger partial charge on any atom is -0.370 e. The number of aromatic nitrogens is 1. The van der Waals surface area contributed by atoms with Crippen LogP contribution in [0.2, 0.25) is 0 Å². The second-order valence-corrected chi connectivity index (χ2v) is 5.88. The van der Waals surface area contributed by atoms with Gasteiger partial charge < -0.3 is 10.6 Å². The third-order valence-corrected chi connectivity index (χ3v) is 3.48. The van der Waals surface area contributed by atoms with E-state index in [4.69, 9.17) is 5.73 Å². The van der Waals surface area contributed by atoms with E-state index in [1.54, 1.807) is 0 Å². The summed E-state index contributed by atoms with van der Waals surface area (Å²) >= 11 is 0. The first-order valence-electron chi connectivity index (χ1n) is 6.18. The van der Waals surface area contributed by atoms with Gasteiger partial charge in [0, 0.05) is 19.1 Å². The molecule has 1 heterocycles. The molecule has 1 rings (SSSR count). The minimum absolute atomic E-state index is 0.00519. The molecule has 0 bridgehead atoms. The fourth-order valence-corrected chi connectivity index (χ4v) is 1.68. The maximum absolute atomic E-state index is 5.79. The van der Waals surface area contributed by atoms with E-state index in [1.165, 1.54) is 0 Å². The van der Waals surface area contributed by atoms with E-state index >= 15 is 0 Å². The Morgan fingerprint density at radius 3 is 2.18 bits per heavy atom.